The number of nitrogens with one attached hydrogen (secondary N) is 1. The summed E-state index contributed by atoms with van der Waals surface area (Å²) in [5.74, 6) is 1.40. The van der Waals surface area contributed by atoms with Crippen molar-refractivity contribution < 1.29 is 19.4 Å². The second kappa shape index (κ2) is 9.40. The first-order valence-corrected chi connectivity index (χ1v) is 10.5. The Bertz CT molecular complexity index is 1150. The lowest BCUT2D eigenvalue weighted by molar-refractivity contribution is -0.139. The van der Waals surface area contributed by atoms with E-state index in [9.17, 15) is 14.7 Å². The van der Waals surface area contributed by atoms with Crippen LogP contribution in [0.1, 0.15) is 34.6 Å². The highest BCUT2D eigenvalue weighted by atomic mass is 16.5. The van der Waals surface area contributed by atoms with E-state index < -0.39 is 18.1 Å². The number of aliphatic carboxylic acids is 1. The van der Waals surface area contributed by atoms with Gasteiger partial charge in [0.2, 0.25) is 0 Å². The predicted molar refractivity (Wildman–Crippen MR) is 122 cm³/mol. The summed E-state index contributed by atoms with van der Waals surface area (Å²) in [6.07, 6.45) is 5.40. The van der Waals surface area contributed by atoms with Gasteiger partial charge in [0.05, 0.1) is 0 Å². The molecule has 0 fully saturated rings. The molecule has 160 valence electrons. The van der Waals surface area contributed by atoms with Crippen molar-refractivity contribution in [2.45, 2.75) is 24.8 Å². The summed E-state index contributed by atoms with van der Waals surface area (Å²) in [4.78, 5) is 24.1. The molecule has 1 amide bonds. The highest BCUT2D eigenvalue weighted by molar-refractivity contribution is 5.81. The molecule has 5 nitrogen and oxygen atoms in total. The number of ether oxygens (including phenoxy) is 1. The number of carboxylic acid groups (broad SMARTS) is 1. The molecule has 0 saturated heterocycles. The normalized spacial score (nSPS) is 12.8. The summed E-state index contributed by atoms with van der Waals surface area (Å²) in [6.45, 7) is 0.131. The molecule has 0 unspecified atom stereocenters. The minimum Gasteiger partial charge on any atom is -0.480 e. The standard InChI is InChI=1S/C27H23NO4/c1-2-18-9-3-4-10-19(18)15-16-25(26(29)30)28-27(31)32-17-24-22-13-7-5-11-20(22)21-12-6-8-14-23(21)24/h1,3-14,24-25H,15-17H2,(H,28,31)(H,29,30)/t25-/m0/s1. The zero-order valence-electron chi connectivity index (χ0n) is 17.5. The number of alkyl carbamates (subject to hydrolysis) is 1. The molecule has 0 radical (unpaired) electrons. The van der Waals surface area contributed by atoms with Gasteiger partial charge >= 0.3 is 12.1 Å². The molecule has 32 heavy (non-hydrogen) atoms. The van der Waals surface area contributed by atoms with E-state index in [1.807, 2.05) is 60.7 Å². The second-order valence-electron chi connectivity index (χ2n) is 7.70. The number of hydrogen-bond acceptors (Lipinski definition) is 3. The highest BCUT2D eigenvalue weighted by Crippen LogP contribution is 2.44. The van der Waals surface area contributed by atoms with Crippen LogP contribution < -0.4 is 5.32 Å². The van der Waals surface area contributed by atoms with Crippen LogP contribution in [0.3, 0.4) is 0 Å². The number of rotatable bonds is 7. The van der Waals surface area contributed by atoms with E-state index in [1.54, 1.807) is 0 Å². The van der Waals surface area contributed by atoms with E-state index in [-0.39, 0.29) is 18.9 Å². The minimum atomic E-state index is -1.11. The van der Waals surface area contributed by atoms with Gasteiger partial charge in [-0.3, -0.25) is 0 Å². The molecule has 2 N–H and O–H groups in total. The Morgan fingerprint density at radius 2 is 1.56 bits per heavy atom. The summed E-state index contributed by atoms with van der Waals surface area (Å²) in [5, 5.41) is 12.0. The Hall–Kier alpha value is -4.04. The lowest BCUT2D eigenvalue weighted by Gasteiger charge is -2.17. The fourth-order valence-electron chi connectivity index (χ4n) is 4.22. The summed E-state index contributed by atoms with van der Waals surface area (Å²) in [5.41, 5.74) is 6.05. The molecule has 0 bridgehead atoms. The van der Waals surface area contributed by atoms with Gasteiger partial charge in [0.25, 0.3) is 0 Å². The number of aryl methyl sites for hydroxylation is 1. The van der Waals surface area contributed by atoms with Crippen LogP contribution in [-0.4, -0.2) is 29.8 Å². The Morgan fingerprint density at radius 3 is 2.19 bits per heavy atom. The molecule has 3 aromatic rings. The van der Waals surface area contributed by atoms with Gasteiger partial charge in [-0.05, 0) is 46.7 Å². The molecule has 0 aromatic heterocycles. The average molecular weight is 425 g/mol. The number of fused-ring (bicyclic) bond motifs is 3. The second-order valence-corrected chi connectivity index (χ2v) is 7.70. The quantitative estimate of drug-likeness (QED) is 0.543. The number of terminal acetylenes is 1. The molecule has 1 aliphatic carbocycles. The fourth-order valence-corrected chi connectivity index (χ4v) is 4.22. The maximum absolute atomic E-state index is 12.4. The van der Waals surface area contributed by atoms with Crippen LogP contribution >= 0.6 is 0 Å². The van der Waals surface area contributed by atoms with E-state index in [0.29, 0.717) is 6.42 Å². The van der Waals surface area contributed by atoms with E-state index >= 15 is 0 Å². The largest absolute Gasteiger partial charge is 0.480 e. The zero-order valence-corrected chi connectivity index (χ0v) is 17.5. The fraction of sp³-hybridized carbons (Fsp3) is 0.185. The van der Waals surface area contributed by atoms with Crippen LogP contribution in [-0.2, 0) is 16.0 Å². The topological polar surface area (TPSA) is 75.6 Å². The average Bonchev–Trinajstić information content (AvgIpc) is 3.14. The van der Waals surface area contributed by atoms with Gasteiger partial charge < -0.3 is 15.2 Å². The van der Waals surface area contributed by atoms with Crippen LogP contribution in [0.25, 0.3) is 11.1 Å². The summed E-state index contributed by atoms with van der Waals surface area (Å²) in [6, 6.07) is 22.4. The Labute approximate surface area is 187 Å². The van der Waals surface area contributed by atoms with Crippen molar-refractivity contribution >= 4 is 12.1 Å². The monoisotopic (exact) mass is 425 g/mol. The van der Waals surface area contributed by atoms with E-state index in [4.69, 9.17) is 11.2 Å². The van der Waals surface area contributed by atoms with Gasteiger partial charge in [-0.15, -0.1) is 6.42 Å². The number of benzene rings is 3. The van der Waals surface area contributed by atoms with Crippen molar-refractivity contribution in [3.8, 4) is 23.5 Å². The van der Waals surface area contributed by atoms with Crippen molar-refractivity contribution in [3.63, 3.8) is 0 Å². The first-order chi connectivity index (χ1) is 15.6. The van der Waals surface area contributed by atoms with Gasteiger partial charge in [-0.25, -0.2) is 9.59 Å². The summed E-state index contributed by atoms with van der Waals surface area (Å²) in [7, 11) is 0. The molecule has 3 aromatic carbocycles. The van der Waals surface area contributed by atoms with Gasteiger partial charge in [0.15, 0.2) is 0 Å². The maximum atomic E-state index is 12.4. The van der Waals surface area contributed by atoms with E-state index in [2.05, 4.69) is 23.4 Å². The Morgan fingerprint density at radius 1 is 0.969 bits per heavy atom. The number of carbonyl (C=O) groups excluding carboxylic acids is 1. The Balaban J connectivity index is 1.39. The van der Waals surface area contributed by atoms with E-state index in [0.717, 1.165) is 33.4 Å². The third-order valence-electron chi connectivity index (χ3n) is 5.81. The Kier molecular flexibility index (Phi) is 6.23. The number of carboxylic acids is 1. The molecule has 0 aliphatic heterocycles. The molecular weight excluding hydrogens is 402 g/mol. The van der Waals surface area contributed by atoms with Crippen LogP contribution in [0.15, 0.2) is 72.8 Å². The third-order valence-corrected chi connectivity index (χ3v) is 5.81. The van der Waals surface area contributed by atoms with Crippen molar-refractivity contribution in [2.75, 3.05) is 6.61 Å². The van der Waals surface area contributed by atoms with Crippen LogP contribution in [0.4, 0.5) is 4.79 Å². The molecule has 0 saturated carbocycles. The molecule has 0 heterocycles. The van der Waals surface area contributed by atoms with Gasteiger partial charge in [-0.2, -0.15) is 0 Å². The van der Waals surface area contributed by atoms with Gasteiger partial charge in [0, 0.05) is 11.5 Å². The molecule has 4 rings (SSSR count). The van der Waals surface area contributed by atoms with Crippen LogP contribution in [0.5, 0.6) is 0 Å². The first-order valence-electron chi connectivity index (χ1n) is 10.5. The highest BCUT2D eigenvalue weighted by Gasteiger charge is 2.29. The lowest BCUT2D eigenvalue weighted by Crippen LogP contribution is -2.41. The molecule has 1 atom stereocenters. The van der Waals surface area contributed by atoms with Gasteiger partial charge in [-0.1, -0.05) is 72.7 Å². The maximum Gasteiger partial charge on any atom is 0.407 e. The molecule has 1 aliphatic rings. The smallest absolute Gasteiger partial charge is 0.407 e. The van der Waals surface area contributed by atoms with Gasteiger partial charge in [0.1, 0.15) is 12.6 Å². The molecular formula is C27H23NO4. The SMILES string of the molecule is C#Cc1ccccc1CC[C@H](NC(=O)OCC1c2ccccc2-c2ccccc21)C(=O)O. The van der Waals surface area contributed by atoms with Crippen molar-refractivity contribution in [3.05, 3.63) is 95.1 Å². The third kappa shape index (κ3) is 4.35. The summed E-state index contributed by atoms with van der Waals surface area (Å²) < 4.78 is 5.47. The van der Waals surface area contributed by atoms with Crippen LogP contribution in [0, 0.1) is 12.3 Å². The lowest BCUT2D eigenvalue weighted by atomic mass is 9.98. The van der Waals surface area contributed by atoms with Crippen molar-refractivity contribution in [1.29, 1.82) is 0 Å². The minimum absolute atomic E-state index is 0.0843. The first kappa shape index (κ1) is 21.2. The van der Waals surface area contributed by atoms with Crippen molar-refractivity contribution in [1.82, 2.24) is 5.32 Å². The number of hydrogen-bond donors (Lipinski definition) is 2. The predicted octanol–water partition coefficient (Wildman–Crippen LogP) is 4.59. The molecule has 5 heteroatoms. The van der Waals surface area contributed by atoms with Crippen LogP contribution in [0.2, 0.25) is 0 Å². The van der Waals surface area contributed by atoms with E-state index in [1.165, 1.54) is 0 Å². The molecule has 0 spiro atoms. The summed E-state index contributed by atoms with van der Waals surface area (Å²) >= 11 is 0. The van der Waals surface area contributed by atoms with Crippen molar-refractivity contribution in [2.24, 2.45) is 0 Å². The number of carbonyl (C=O) groups is 2. The number of amides is 1. The zero-order chi connectivity index (χ0) is 22.5.